The van der Waals surface area contributed by atoms with E-state index in [4.69, 9.17) is 0 Å². The first-order valence-electron chi connectivity index (χ1n) is 6.99. The van der Waals surface area contributed by atoms with Crippen molar-refractivity contribution in [3.8, 4) is 0 Å². The number of benzene rings is 1. The van der Waals surface area contributed by atoms with Crippen LogP contribution in [0.25, 0.3) is 0 Å². The Kier molecular flexibility index (Phi) is 3.69. The predicted octanol–water partition coefficient (Wildman–Crippen LogP) is 2.09. The van der Waals surface area contributed by atoms with Crippen LogP contribution in [0, 0.1) is 0 Å². The number of aromatic nitrogens is 2. The van der Waals surface area contributed by atoms with Gasteiger partial charge in [-0.05, 0) is 31.9 Å². The number of anilines is 2. The van der Waals surface area contributed by atoms with Crippen molar-refractivity contribution >= 4 is 21.4 Å². The Morgan fingerprint density at radius 1 is 1.33 bits per heavy atom. The van der Waals surface area contributed by atoms with Crippen LogP contribution in [0.2, 0.25) is 0 Å². The fraction of sp³-hybridized carbons (Fsp3) is 0.357. The molecule has 1 aromatic carbocycles. The highest BCUT2D eigenvalue weighted by atomic mass is 32.2. The molecule has 21 heavy (non-hydrogen) atoms. The number of nitrogens with one attached hydrogen (secondary N) is 2. The van der Waals surface area contributed by atoms with Crippen LogP contribution in [0.5, 0.6) is 0 Å². The zero-order chi connectivity index (χ0) is 14.9. The number of nitrogens with zero attached hydrogens (tertiary/aromatic N) is 2. The van der Waals surface area contributed by atoms with Crippen molar-refractivity contribution < 1.29 is 8.42 Å². The van der Waals surface area contributed by atoms with Crippen molar-refractivity contribution in [1.29, 1.82) is 0 Å². The number of rotatable bonds is 6. The molecular weight excluding hydrogens is 288 g/mol. The van der Waals surface area contributed by atoms with Crippen LogP contribution < -0.4 is 10.0 Å². The first kappa shape index (κ1) is 14.1. The summed E-state index contributed by atoms with van der Waals surface area (Å²) in [5.41, 5.74) is 1.33. The molecule has 1 aromatic heterocycles. The molecule has 0 atom stereocenters. The van der Waals surface area contributed by atoms with E-state index in [0.717, 1.165) is 25.1 Å². The summed E-state index contributed by atoms with van der Waals surface area (Å²) in [4.78, 5) is 0.265. The van der Waals surface area contributed by atoms with Crippen LogP contribution in [0.1, 0.15) is 19.8 Å². The Morgan fingerprint density at radius 3 is 2.76 bits per heavy atom. The molecule has 0 bridgehead atoms. The van der Waals surface area contributed by atoms with Gasteiger partial charge < -0.3 is 5.32 Å². The van der Waals surface area contributed by atoms with E-state index in [-0.39, 0.29) is 10.9 Å². The summed E-state index contributed by atoms with van der Waals surface area (Å²) in [5.74, 6) is 0. The van der Waals surface area contributed by atoms with Crippen molar-refractivity contribution in [3.05, 3.63) is 36.7 Å². The summed E-state index contributed by atoms with van der Waals surface area (Å²) in [6, 6.07) is 6.98. The van der Waals surface area contributed by atoms with Gasteiger partial charge in [-0.2, -0.15) is 5.10 Å². The molecule has 112 valence electrons. The third kappa shape index (κ3) is 3.25. The summed E-state index contributed by atoms with van der Waals surface area (Å²) in [7, 11) is -3.49. The van der Waals surface area contributed by atoms with Crippen LogP contribution in [0.15, 0.2) is 41.6 Å². The number of hydrogen-bond donors (Lipinski definition) is 2. The number of para-hydroxylation sites is 1. The van der Waals surface area contributed by atoms with Gasteiger partial charge in [0, 0.05) is 18.8 Å². The minimum absolute atomic E-state index is 0.0888. The molecule has 3 rings (SSSR count). The molecule has 0 aliphatic heterocycles. The zero-order valence-electron chi connectivity index (χ0n) is 11.8. The Hall–Kier alpha value is -1.86. The van der Waals surface area contributed by atoms with Gasteiger partial charge in [0.1, 0.15) is 4.90 Å². The van der Waals surface area contributed by atoms with Gasteiger partial charge in [0.2, 0.25) is 10.0 Å². The molecular formula is C14H18N4O2S. The smallest absolute Gasteiger partial charge is 0.242 e. The van der Waals surface area contributed by atoms with Crippen molar-refractivity contribution in [3.63, 3.8) is 0 Å². The Balaban J connectivity index is 1.88. The summed E-state index contributed by atoms with van der Waals surface area (Å²) in [6.07, 6.45) is 5.36. The quantitative estimate of drug-likeness (QED) is 0.857. The molecule has 1 aliphatic carbocycles. The highest BCUT2D eigenvalue weighted by molar-refractivity contribution is 7.89. The monoisotopic (exact) mass is 306 g/mol. The molecule has 0 amide bonds. The minimum atomic E-state index is -3.49. The molecule has 0 saturated heterocycles. The van der Waals surface area contributed by atoms with Gasteiger partial charge in [-0.25, -0.2) is 13.1 Å². The summed E-state index contributed by atoms with van der Waals surface area (Å²) >= 11 is 0. The topological polar surface area (TPSA) is 76.0 Å². The van der Waals surface area contributed by atoms with Gasteiger partial charge >= 0.3 is 0 Å². The molecule has 2 N–H and O–H groups in total. The van der Waals surface area contributed by atoms with Crippen LogP contribution in [0.3, 0.4) is 0 Å². The Bertz CT molecular complexity index is 735. The Labute approximate surface area is 124 Å². The highest BCUT2D eigenvalue weighted by Gasteiger charge is 2.29. The van der Waals surface area contributed by atoms with E-state index in [1.54, 1.807) is 29.1 Å². The lowest BCUT2D eigenvalue weighted by molar-refractivity contribution is 0.581. The van der Waals surface area contributed by atoms with E-state index in [9.17, 15) is 8.42 Å². The number of aryl methyl sites for hydroxylation is 1. The van der Waals surface area contributed by atoms with Crippen molar-refractivity contribution in [2.75, 3.05) is 5.32 Å². The largest absolute Gasteiger partial charge is 0.352 e. The van der Waals surface area contributed by atoms with Gasteiger partial charge in [0.15, 0.2) is 0 Å². The lowest BCUT2D eigenvalue weighted by Crippen LogP contribution is -2.26. The minimum Gasteiger partial charge on any atom is -0.352 e. The molecule has 0 spiro atoms. The second-order valence-electron chi connectivity index (χ2n) is 5.10. The standard InChI is InChI=1S/C14H18N4O2S/c1-2-18-10-12(9-15-18)16-13-5-3-4-6-14(13)21(19,20)17-11-7-8-11/h3-6,9-11,16-17H,2,7-8H2,1H3. The van der Waals surface area contributed by atoms with E-state index in [2.05, 4.69) is 15.1 Å². The van der Waals surface area contributed by atoms with Gasteiger partial charge in [-0.15, -0.1) is 0 Å². The van der Waals surface area contributed by atoms with Crippen LogP contribution >= 0.6 is 0 Å². The Morgan fingerprint density at radius 2 is 2.10 bits per heavy atom. The van der Waals surface area contributed by atoms with E-state index in [1.807, 2.05) is 19.2 Å². The van der Waals surface area contributed by atoms with E-state index in [0.29, 0.717) is 5.69 Å². The second-order valence-corrected chi connectivity index (χ2v) is 6.78. The molecule has 2 aromatic rings. The SMILES string of the molecule is CCn1cc(Nc2ccccc2S(=O)(=O)NC2CC2)cn1. The van der Waals surface area contributed by atoms with E-state index < -0.39 is 10.0 Å². The summed E-state index contributed by atoms with van der Waals surface area (Å²) in [5, 5.41) is 7.29. The molecule has 7 heteroatoms. The van der Waals surface area contributed by atoms with Crippen molar-refractivity contribution in [1.82, 2.24) is 14.5 Å². The summed E-state index contributed by atoms with van der Waals surface area (Å²) in [6.45, 7) is 2.76. The van der Waals surface area contributed by atoms with E-state index in [1.165, 1.54) is 0 Å². The predicted molar refractivity (Wildman–Crippen MR) is 81.0 cm³/mol. The molecule has 1 aliphatic rings. The van der Waals surface area contributed by atoms with Crippen molar-refractivity contribution in [2.24, 2.45) is 0 Å². The maximum Gasteiger partial charge on any atom is 0.242 e. The zero-order valence-corrected chi connectivity index (χ0v) is 12.6. The van der Waals surface area contributed by atoms with Gasteiger partial charge in [0.25, 0.3) is 0 Å². The van der Waals surface area contributed by atoms with Crippen LogP contribution in [-0.4, -0.2) is 24.2 Å². The fourth-order valence-corrected chi connectivity index (χ4v) is 3.51. The average molecular weight is 306 g/mol. The second kappa shape index (κ2) is 5.50. The van der Waals surface area contributed by atoms with E-state index >= 15 is 0 Å². The average Bonchev–Trinajstić information content (AvgIpc) is 3.14. The first-order valence-corrected chi connectivity index (χ1v) is 8.47. The molecule has 1 heterocycles. The molecule has 1 saturated carbocycles. The number of sulfonamides is 1. The lowest BCUT2D eigenvalue weighted by atomic mass is 10.3. The van der Waals surface area contributed by atoms with Crippen LogP contribution in [-0.2, 0) is 16.6 Å². The molecule has 0 radical (unpaired) electrons. The van der Waals surface area contributed by atoms with Crippen molar-refractivity contribution in [2.45, 2.75) is 37.2 Å². The maximum atomic E-state index is 12.4. The molecule has 0 unspecified atom stereocenters. The van der Waals surface area contributed by atoms with Gasteiger partial charge in [-0.1, -0.05) is 12.1 Å². The normalized spacial score (nSPS) is 15.1. The maximum absolute atomic E-state index is 12.4. The molecule has 1 fully saturated rings. The van der Waals surface area contributed by atoms with Gasteiger partial charge in [-0.3, -0.25) is 4.68 Å². The lowest BCUT2D eigenvalue weighted by Gasteiger charge is -2.11. The molecule has 6 nitrogen and oxygen atoms in total. The fourth-order valence-electron chi connectivity index (χ4n) is 2.04. The van der Waals surface area contributed by atoms with Crippen LogP contribution in [0.4, 0.5) is 11.4 Å². The van der Waals surface area contributed by atoms with Gasteiger partial charge in [0.05, 0.1) is 17.6 Å². The highest BCUT2D eigenvalue weighted by Crippen LogP contribution is 2.27. The first-order chi connectivity index (χ1) is 10.1. The number of hydrogen-bond acceptors (Lipinski definition) is 4. The third-order valence-corrected chi connectivity index (χ3v) is 4.89. The summed E-state index contributed by atoms with van der Waals surface area (Å²) < 4.78 is 29.2. The third-order valence-electron chi connectivity index (χ3n) is 3.31.